The predicted molar refractivity (Wildman–Crippen MR) is 110 cm³/mol. The average Bonchev–Trinajstić information content (AvgIpc) is 3.41. The Labute approximate surface area is 173 Å². The monoisotopic (exact) mass is 410 g/mol. The molecule has 3 aromatic rings. The molecule has 1 aliphatic heterocycles. The number of hydrogen-bond donors (Lipinski definition) is 2. The molecule has 3 heterocycles. The maximum Gasteiger partial charge on any atom is 0.340 e. The first-order valence-corrected chi connectivity index (χ1v) is 10.3. The molecule has 0 aliphatic carbocycles. The van der Waals surface area contributed by atoms with Gasteiger partial charge in [-0.3, -0.25) is 9.78 Å². The molecule has 0 saturated carbocycles. The number of nitrogens with one attached hydrogen (secondary N) is 2. The lowest BCUT2D eigenvalue weighted by Gasteiger charge is -2.31. The number of piperidine rings is 1. The van der Waals surface area contributed by atoms with E-state index in [0.717, 1.165) is 18.4 Å². The van der Waals surface area contributed by atoms with E-state index in [1.165, 1.54) is 5.56 Å². The molecule has 1 amide bonds. The van der Waals surface area contributed by atoms with E-state index in [1.54, 1.807) is 0 Å². The van der Waals surface area contributed by atoms with Gasteiger partial charge in [0, 0.05) is 37.4 Å². The van der Waals surface area contributed by atoms with Gasteiger partial charge in [-0.25, -0.2) is 9.89 Å². The quantitative estimate of drug-likeness (QED) is 0.644. The number of aromatic nitrogens is 5. The van der Waals surface area contributed by atoms with Gasteiger partial charge in [0.1, 0.15) is 5.82 Å². The molecule has 30 heavy (non-hydrogen) atoms. The summed E-state index contributed by atoms with van der Waals surface area (Å²) in [5.74, 6) is 2.16. The highest BCUT2D eigenvalue weighted by molar-refractivity contribution is 5.76. The molecule has 1 saturated heterocycles. The lowest BCUT2D eigenvalue weighted by Crippen LogP contribution is -2.39. The molecule has 158 valence electrons. The van der Waals surface area contributed by atoms with Crippen molar-refractivity contribution in [2.45, 2.75) is 51.4 Å². The second-order valence-corrected chi connectivity index (χ2v) is 8.03. The molecule has 2 aromatic heterocycles. The Hall–Kier alpha value is -3.23. The summed E-state index contributed by atoms with van der Waals surface area (Å²) in [6.45, 7) is 5.56. The molecular weight excluding hydrogens is 384 g/mol. The summed E-state index contributed by atoms with van der Waals surface area (Å²) < 4.78 is 5.34. The van der Waals surface area contributed by atoms with Crippen molar-refractivity contribution >= 4 is 5.91 Å². The molecule has 2 N–H and O–H groups in total. The number of hydrogen-bond acceptors (Lipinski definition) is 6. The van der Waals surface area contributed by atoms with Crippen LogP contribution in [-0.4, -0.2) is 49.2 Å². The van der Waals surface area contributed by atoms with E-state index in [1.807, 2.05) is 17.0 Å². The molecule has 9 heteroatoms. The fourth-order valence-corrected chi connectivity index (χ4v) is 3.77. The van der Waals surface area contributed by atoms with Crippen LogP contribution >= 0.6 is 0 Å². The van der Waals surface area contributed by atoms with Crippen molar-refractivity contribution in [3.63, 3.8) is 0 Å². The van der Waals surface area contributed by atoms with Crippen molar-refractivity contribution in [3.8, 4) is 11.4 Å². The first kappa shape index (κ1) is 20.1. The number of H-pyrrole nitrogens is 2. The van der Waals surface area contributed by atoms with Gasteiger partial charge in [-0.1, -0.05) is 43.3 Å². The Morgan fingerprint density at radius 3 is 2.80 bits per heavy atom. The molecule has 0 spiro atoms. The largest absolute Gasteiger partial charge is 0.342 e. The fraction of sp³-hybridized carbons (Fsp3) is 0.476. The van der Waals surface area contributed by atoms with Gasteiger partial charge in [-0.2, -0.15) is 10.1 Å². The lowest BCUT2D eigenvalue weighted by molar-refractivity contribution is -0.132. The van der Waals surface area contributed by atoms with E-state index in [-0.39, 0.29) is 17.5 Å². The van der Waals surface area contributed by atoms with Crippen LogP contribution in [0, 0.1) is 0 Å². The summed E-state index contributed by atoms with van der Waals surface area (Å²) in [7, 11) is 0. The van der Waals surface area contributed by atoms with Crippen LogP contribution in [0.5, 0.6) is 0 Å². The molecular formula is C21H26N6O3. The summed E-state index contributed by atoms with van der Waals surface area (Å²) in [5, 5.41) is 10.4. The van der Waals surface area contributed by atoms with Crippen molar-refractivity contribution in [3.05, 3.63) is 52.0 Å². The Balaban J connectivity index is 1.33. The van der Waals surface area contributed by atoms with Crippen molar-refractivity contribution in [1.29, 1.82) is 0 Å². The number of carbonyl (C=O) groups excluding carboxylic acids is 1. The molecule has 1 atom stereocenters. The molecule has 0 bridgehead atoms. The summed E-state index contributed by atoms with van der Waals surface area (Å²) in [6.07, 6.45) is 2.48. The van der Waals surface area contributed by atoms with Gasteiger partial charge in [0.15, 0.2) is 0 Å². The first-order valence-electron chi connectivity index (χ1n) is 10.3. The van der Waals surface area contributed by atoms with Crippen molar-refractivity contribution in [2.75, 3.05) is 13.1 Å². The van der Waals surface area contributed by atoms with E-state index in [2.05, 4.69) is 51.3 Å². The second-order valence-electron chi connectivity index (χ2n) is 8.03. The molecule has 1 aromatic carbocycles. The van der Waals surface area contributed by atoms with Gasteiger partial charge in [-0.05, 0) is 24.3 Å². The van der Waals surface area contributed by atoms with Gasteiger partial charge in [-0.15, -0.1) is 0 Å². The van der Waals surface area contributed by atoms with E-state index >= 15 is 0 Å². The number of amides is 1. The molecule has 1 aliphatic rings. The van der Waals surface area contributed by atoms with Crippen LogP contribution < -0.4 is 5.69 Å². The standard InChI is InChI=1S/C21H26N6O3/c1-13(2)14-5-7-15(8-6-14)20-22-17(30-26-20)9-10-18(28)27-11-3-4-16(12-27)19-23-21(29)25-24-19/h5-8,13,16H,3-4,9-12H2,1-2H3,(H2,23,24,25,29). The Kier molecular flexibility index (Phi) is 5.78. The van der Waals surface area contributed by atoms with Gasteiger partial charge >= 0.3 is 5.69 Å². The van der Waals surface area contributed by atoms with E-state index in [9.17, 15) is 9.59 Å². The predicted octanol–water partition coefficient (Wildman–Crippen LogP) is 2.61. The average molecular weight is 410 g/mol. The van der Waals surface area contributed by atoms with Crippen LogP contribution in [0.15, 0.2) is 33.6 Å². The van der Waals surface area contributed by atoms with Crippen molar-refractivity contribution in [2.24, 2.45) is 0 Å². The van der Waals surface area contributed by atoms with Crippen LogP contribution in [0.4, 0.5) is 0 Å². The minimum Gasteiger partial charge on any atom is -0.342 e. The smallest absolute Gasteiger partial charge is 0.340 e. The van der Waals surface area contributed by atoms with Crippen molar-refractivity contribution in [1.82, 2.24) is 30.2 Å². The summed E-state index contributed by atoms with van der Waals surface area (Å²) in [4.78, 5) is 32.9. The normalized spacial score (nSPS) is 16.9. The molecule has 1 fully saturated rings. The Morgan fingerprint density at radius 2 is 2.10 bits per heavy atom. The number of likely N-dealkylation sites (tertiary alicyclic amines) is 1. The van der Waals surface area contributed by atoms with Gasteiger partial charge in [0.2, 0.25) is 17.6 Å². The number of benzene rings is 1. The number of rotatable bonds is 6. The number of aryl methyl sites for hydroxylation is 1. The third-order valence-electron chi connectivity index (χ3n) is 5.54. The maximum absolute atomic E-state index is 12.7. The van der Waals surface area contributed by atoms with Crippen LogP contribution in [0.3, 0.4) is 0 Å². The zero-order chi connectivity index (χ0) is 21.1. The minimum atomic E-state index is -0.320. The number of nitrogens with zero attached hydrogens (tertiary/aromatic N) is 4. The summed E-state index contributed by atoms with van der Waals surface area (Å²) in [6, 6.07) is 8.11. The minimum absolute atomic E-state index is 0.0404. The van der Waals surface area contributed by atoms with Crippen LogP contribution in [0.1, 0.15) is 62.2 Å². The highest BCUT2D eigenvalue weighted by Crippen LogP contribution is 2.24. The van der Waals surface area contributed by atoms with E-state index < -0.39 is 0 Å². The highest BCUT2D eigenvalue weighted by Gasteiger charge is 2.27. The third-order valence-corrected chi connectivity index (χ3v) is 5.54. The molecule has 1 unspecified atom stereocenters. The van der Waals surface area contributed by atoms with Gasteiger partial charge < -0.3 is 9.42 Å². The second kappa shape index (κ2) is 8.64. The zero-order valence-corrected chi connectivity index (χ0v) is 17.2. The summed E-state index contributed by atoms with van der Waals surface area (Å²) in [5.41, 5.74) is 1.83. The van der Waals surface area contributed by atoms with Gasteiger partial charge in [0.25, 0.3) is 0 Å². The Morgan fingerprint density at radius 1 is 1.30 bits per heavy atom. The van der Waals surface area contributed by atoms with Crippen LogP contribution in [0.2, 0.25) is 0 Å². The number of aromatic amines is 2. The number of carbonyl (C=O) groups is 1. The van der Waals surface area contributed by atoms with Crippen molar-refractivity contribution < 1.29 is 9.32 Å². The summed E-state index contributed by atoms with van der Waals surface area (Å²) >= 11 is 0. The Bertz CT molecular complexity index is 1050. The fourth-order valence-electron chi connectivity index (χ4n) is 3.77. The molecule has 9 nitrogen and oxygen atoms in total. The zero-order valence-electron chi connectivity index (χ0n) is 17.2. The topological polar surface area (TPSA) is 121 Å². The van der Waals surface area contributed by atoms with Crippen LogP contribution in [0.25, 0.3) is 11.4 Å². The van der Waals surface area contributed by atoms with Crippen LogP contribution in [-0.2, 0) is 11.2 Å². The highest BCUT2D eigenvalue weighted by atomic mass is 16.5. The van der Waals surface area contributed by atoms with Gasteiger partial charge in [0.05, 0.1) is 0 Å². The van der Waals surface area contributed by atoms with E-state index in [0.29, 0.717) is 49.4 Å². The maximum atomic E-state index is 12.7. The first-order chi connectivity index (χ1) is 14.5. The van der Waals surface area contributed by atoms with E-state index in [4.69, 9.17) is 4.52 Å². The molecule has 4 rings (SSSR count). The third kappa shape index (κ3) is 4.50. The lowest BCUT2D eigenvalue weighted by atomic mass is 9.97. The molecule has 0 radical (unpaired) electrons. The SMILES string of the molecule is CC(C)c1ccc(-c2noc(CCC(=O)N3CCCC(c4n[nH]c(=O)[nH]4)C3)n2)cc1.